The molecule has 90 valence electrons. The van der Waals surface area contributed by atoms with Crippen LogP contribution in [0.1, 0.15) is 31.2 Å². The number of nitrogens with one attached hydrogen (secondary N) is 1. The number of aryl methyl sites for hydroxylation is 1. The molecule has 0 aliphatic carbocycles. The first-order valence-corrected chi connectivity index (χ1v) is 6.42. The molecule has 0 spiro atoms. The van der Waals surface area contributed by atoms with E-state index in [0.717, 1.165) is 27.1 Å². The number of hydrogen-bond donors (Lipinski definition) is 1. The fraction of sp³-hybridized carbons (Fsp3) is 0.417. The second-order valence-corrected chi connectivity index (χ2v) is 5.16. The minimum atomic E-state index is 0.449. The Morgan fingerprint density at radius 3 is 2.53 bits per heavy atom. The molecule has 2 aromatic rings. The van der Waals surface area contributed by atoms with Crippen molar-refractivity contribution in [3.8, 4) is 10.6 Å². The highest BCUT2D eigenvalue weighted by molar-refractivity contribution is 7.18. The highest BCUT2D eigenvalue weighted by Crippen LogP contribution is 2.28. The molecule has 0 aliphatic rings. The van der Waals surface area contributed by atoms with Crippen LogP contribution in [0, 0.1) is 6.92 Å². The third kappa shape index (κ3) is 2.44. The van der Waals surface area contributed by atoms with Crippen LogP contribution in [0.4, 0.5) is 5.13 Å². The van der Waals surface area contributed by atoms with E-state index in [4.69, 9.17) is 0 Å². The van der Waals surface area contributed by atoms with E-state index in [0.29, 0.717) is 5.92 Å². The van der Waals surface area contributed by atoms with Gasteiger partial charge in [-0.3, -0.25) is 4.98 Å². The van der Waals surface area contributed by atoms with Crippen LogP contribution in [0.25, 0.3) is 10.6 Å². The van der Waals surface area contributed by atoms with Crippen LogP contribution < -0.4 is 5.32 Å². The van der Waals surface area contributed by atoms with Crippen molar-refractivity contribution in [1.29, 1.82) is 0 Å². The number of anilines is 1. The van der Waals surface area contributed by atoms with Gasteiger partial charge >= 0.3 is 0 Å². The molecule has 0 radical (unpaired) electrons. The molecular formula is C12H16N4S. The van der Waals surface area contributed by atoms with Crippen molar-refractivity contribution in [3.05, 3.63) is 23.5 Å². The van der Waals surface area contributed by atoms with E-state index < -0.39 is 0 Å². The standard InChI is InChI=1S/C12H16N4S/c1-7(2)10-6-5-9(8(3)14-10)11-15-16-12(13-4)17-11/h5-7H,1-4H3,(H,13,16). The summed E-state index contributed by atoms with van der Waals surface area (Å²) in [5, 5.41) is 12.9. The van der Waals surface area contributed by atoms with Crippen LogP contribution in [0.5, 0.6) is 0 Å². The highest BCUT2D eigenvalue weighted by Gasteiger charge is 2.11. The average molecular weight is 248 g/mol. The van der Waals surface area contributed by atoms with Gasteiger partial charge in [-0.15, -0.1) is 10.2 Å². The summed E-state index contributed by atoms with van der Waals surface area (Å²) in [7, 11) is 1.84. The highest BCUT2D eigenvalue weighted by atomic mass is 32.1. The SMILES string of the molecule is CNc1nnc(-c2ccc(C(C)C)nc2C)s1. The van der Waals surface area contributed by atoms with Crippen LogP contribution in [0.2, 0.25) is 0 Å². The number of rotatable bonds is 3. The van der Waals surface area contributed by atoms with E-state index in [1.807, 2.05) is 14.0 Å². The van der Waals surface area contributed by atoms with Gasteiger partial charge in [0.2, 0.25) is 5.13 Å². The van der Waals surface area contributed by atoms with Crippen molar-refractivity contribution in [3.63, 3.8) is 0 Å². The lowest BCUT2D eigenvalue weighted by Crippen LogP contribution is -1.96. The molecule has 5 heteroatoms. The fourth-order valence-corrected chi connectivity index (χ4v) is 2.34. The topological polar surface area (TPSA) is 50.7 Å². The number of aromatic nitrogens is 3. The number of hydrogen-bond acceptors (Lipinski definition) is 5. The molecule has 2 aromatic heterocycles. The normalized spacial score (nSPS) is 10.9. The van der Waals surface area contributed by atoms with Crippen molar-refractivity contribution in [2.75, 3.05) is 12.4 Å². The van der Waals surface area contributed by atoms with Gasteiger partial charge in [0.05, 0.1) is 0 Å². The summed E-state index contributed by atoms with van der Waals surface area (Å²) in [6.07, 6.45) is 0. The van der Waals surface area contributed by atoms with Crippen LogP contribution >= 0.6 is 11.3 Å². The monoisotopic (exact) mass is 248 g/mol. The van der Waals surface area contributed by atoms with E-state index in [9.17, 15) is 0 Å². The quantitative estimate of drug-likeness (QED) is 0.907. The molecule has 0 aliphatic heterocycles. The Labute approximate surface area is 105 Å². The second-order valence-electron chi connectivity index (χ2n) is 4.19. The Bertz CT molecular complexity index is 519. The Morgan fingerprint density at radius 1 is 1.24 bits per heavy atom. The molecule has 0 saturated heterocycles. The summed E-state index contributed by atoms with van der Waals surface area (Å²) in [5.74, 6) is 0.449. The predicted molar refractivity (Wildman–Crippen MR) is 71.5 cm³/mol. The van der Waals surface area contributed by atoms with Crippen LogP contribution in [0.15, 0.2) is 12.1 Å². The van der Waals surface area contributed by atoms with Gasteiger partial charge < -0.3 is 5.32 Å². The summed E-state index contributed by atoms with van der Waals surface area (Å²) in [4.78, 5) is 4.60. The van der Waals surface area contributed by atoms with Crippen molar-refractivity contribution in [1.82, 2.24) is 15.2 Å². The summed E-state index contributed by atoms with van der Waals surface area (Å²) in [6.45, 7) is 6.30. The molecule has 0 atom stereocenters. The van der Waals surface area contributed by atoms with E-state index in [1.54, 1.807) is 11.3 Å². The van der Waals surface area contributed by atoms with Gasteiger partial charge in [-0.05, 0) is 25.0 Å². The molecule has 0 bridgehead atoms. The zero-order valence-electron chi connectivity index (χ0n) is 10.5. The van der Waals surface area contributed by atoms with E-state index in [-0.39, 0.29) is 0 Å². The molecule has 0 saturated carbocycles. The minimum Gasteiger partial charge on any atom is -0.363 e. The lowest BCUT2D eigenvalue weighted by atomic mass is 10.1. The number of pyridine rings is 1. The third-order valence-corrected chi connectivity index (χ3v) is 3.54. The van der Waals surface area contributed by atoms with E-state index in [2.05, 4.69) is 46.5 Å². The maximum Gasteiger partial charge on any atom is 0.205 e. The third-order valence-electron chi connectivity index (χ3n) is 2.57. The maximum atomic E-state index is 4.60. The Kier molecular flexibility index (Phi) is 3.38. The molecular weight excluding hydrogens is 232 g/mol. The van der Waals surface area contributed by atoms with Crippen molar-refractivity contribution < 1.29 is 0 Å². The number of nitrogens with zero attached hydrogens (tertiary/aromatic N) is 3. The smallest absolute Gasteiger partial charge is 0.205 e. The van der Waals surface area contributed by atoms with Crippen molar-refractivity contribution >= 4 is 16.5 Å². The van der Waals surface area contributed by atoms with Crippen LogP contribution in [-0.4, -0.2) is 22.2 Å². The van der Waals surface area contributed by atoms with Gasteiger partial charge in [-0.25, -0.2) is 0 Å². The molecule has 17 heavy (non-hydrogen) atoms. The van der Waals surface area contributed by atoms with Gasteiger partial charge in [-0.1, -0.05) is 25.2 Å². The summed E-state index contributed by atoms with van der Waals surface area (Å²) >= 11 is 1.54. The summed E-state index contributed by atoms with van der Waals surface area (Å²) in [5.41, 5.74) is 3.19. The van der Waals surface area contributed by atoms with Gasteiger partial charge in [0, 0.05) is 24.0 Å². The molecule has 0 amide bonds. The minimum absolute atomic E-state index is 0.449. The first-order valence-electron chi connectivity index (χ1n) is 5.61. The van der Waals surface area contributed by atoms with Crippen LogP contribution in [0.3, 0.4) is 0 Å². The Hall–Kier alpha value is -1.49. The van der Waals surface area contributed by atoms with Gasteiger partial charge in [0.15, 0.2) is 5.01 Å². The summed E-state index contributed by atoms with van der Waals surface area (Å²) in [6, 6.07) is 4.14. The fourth-order valence-electron chi connectivity index (χ4n) is 1.56. The molecule has 0 unspecified atom stereocenters. The van der Waals surface area contributed by atoms with E-state index >= 15 is 0 Å². The zero-order valence-corrected chi connectivity index (χ0v) is 11.3. The molecule has 2 heterocycles. The van der Waals surface area contributed by atoms with E-state index in [1.165, 1.54) is 0 Å². The molecule has 4 nitrogen and oxygen atoms in total. The summed E-state index contributed by atoms with van der Waals surface area (Å²) < 4.78 is 0. The van der Waals surface area contributed by atoms with Crippen LogP contribution in [-0.2, 0) is 0 Å². The molecule has 1 N–H and O–H groups in total. The second kappa shape index (κ2) is 4.79. The lowest BCUT2D eigenvalue weighted by molar-refractivity contribution is 0.816. The van der Waals surface area contributed by atoms with Gasteiger partial charge in [0.1, 0.15) is 0 Å². The van der Waals surface area contributed by atoms with Gasteiger partial charge in [0.25, 0.3) is 0 Å². The Morgan fingerprint density at radius 2 is 2.00 bits per heavy atom. The van der Waals surface area contributed by atoms with Gasteiger partial charge in [-0.2, -0.15) is 0 Å². The van der Waals surface area contributed by atoms with Crippen molar-refractivity contribution in [2.45, 2.75) is 26.7 Å². The van der Waals surface area contributed by atoms with Crippen molar-refractivity contribution in [2.24, 2.45) is 0 Å². The molecule has 0 aromatic carbocycles. The average Bonchev–Trinajstić information content (AvgIpc) is 2.77. The lowest BCUT2D eigenvalue weighted by Gasteiger charge is -2.07. The zero-order chi connectivity index (χ0) is 12.4. The maximum absolute atomic E-state index is 4.60. The molecule has 2 rings (SSSR count). The molecule has 0 fully saturated rings. The first kappa shape index (κ1) is 12.0. The largest absolute Gasteiger partial charge is 0.363 e. The predicted octanol–water partition coefficient (Wildman–Crippen LogP) is 3.07. The Balaban J connectivity index is 2.39. The first-order chi connectivity index (χ1) is 8.11.